The van der Waals surface area contributed by atoms with Gasteiger partial charge in [-0.1, -0.05) is 11.6 Å². The lowest BCUT2D eigenvalue weighted by Gasteiger charge is -1.95. The summed E-state index contributed by atoms with van der Waals surface area (Å²) in [7, 11) is 1.91. The topological polar surface area (TPSA) is 30.4 Å². The van der Waals surface area contributed by atoms with Gasteiger partial charge in [-0.2, -0.15) is 0 Å². The molecule has 54 valence electrons. The first-order valence-electron chi connectivity index (χ1n) is 3.07. The molecule has 1 aromatic rings. The molecule has 0 unspecified atom stereocenters. The third-order valence-electron chi connectivity index (χ3n) is 1.57. The number of hydrogen-bond acceptors (Lipinski definition) is 2. The second-order valence-corrected chi connectivity index (χ2v) is 2.71. The lowest BCUT2D eigenvalue weighted by atomic mass is 10.3. The Bertz CT molecular complexity index is 235. The van der Waals surface area contributed by atoms with Crippen molar-refractivity contribution in [2.45, 2.75) is 6.10 Å². The lowest BCUT2D eigenvalue weighted by molar-refractivity contribution is 0.407. The zero-order valence-electron chi connectivity index (χ0n) is 5.54. The molecule has 2 heterocycles. The maximum Gasteiger partial charge on any atom is 0.153 e. The van der Waals surface area contributed by atoms with Crippen molar-refractivity contribution in [3.63, 3.8) is 0 Å². The fourth-order valence-electron chi connectivity index (χ4n) is 0.977. The number of epoxide rings is 1. The van der Waals surface area contributed by atoms with Crippen molar-refractivity contribution in [1.29, 1.82) is 0 Å². The molecule has 1 aromatic heterocycles. The molecule has 0 radical (unpaired) electrons. The van der Waals surface area contributed by atoms with Crippen LogP contribution in [0.4, 0.5) is 0 Å². The average Bonchev–Trinajstić information content (AvgIpc) is 2.64. The van der Waals surface area contributed by atoms with E-state index in [4.69, 9.17) is 16.3 Å². The van der Waals surface area contributed by atoms with Crippen molar-refractivity contribution in [1.82, 2.24) is 9.55 Å². The van der Waals surface area contributed by atoms with Crippen molar-refractivity contribution in [3.8, 4) is 0 Å². The molecule has 0 aromatic carbocycles. The van der Waals surface area contributed by atoms with Crippen LogP contribution in [0.15, 0.2) is 6.33 Å². The monoisotopic (exact) mass is 158 g/mol. The lowest BCUT2D eigenvalue weighted by Crippen LogP contribution is -1.92. The van der Waals surface area contributed by atoms with E-state index in [9.17, 15) is 0 Å². The van der Waals surface area contributed by atoms with Crippen LogP contribution in [-0.2, 0) is 11.8 Å². The minimum Gasteiger partial charge on any atom is -0.366 e. The molecule has 1 aliphatic rings. The molecule has 0 saturated carbocycles. The zero-order chi connectivity index (χ0) is 7.14. The molecule has 0 bridgehead atoms. The maximum atomic E-state index is 5.77. The van der Waals surface area contributed by atoms with Gasteiger partial charge in [-0.15, -0.1) is 0 Å². The van der Waals surface area contributed by atoms with Crippen LogP contribution in [0.2, 0.25) is 5.15 Å². The standard InChI is InChI=1S/C6H7ClN2O/c1-9-3-8-6(7)5(9)4-2-10-4/h3-4H,2H2,1H3/t4-/m0/s1. The molecule has 1 fully saturated rings. The summed E-state index contributed by atoms with van der Waals surface area (Å²) in [5.41, 5.74) is 0.988. The molecule has 4 heteroatoms. The van der Waals surface area contributed by atoms with Gasteiger partial charge in [0.05, 0.1) is 18.6 Å². The van der Waals surface area contributed by atoms with Crippen LogP contribution in [0.5, 0.6) is 0 Å². The van der Waals surface area contributed by atoms with Crippen LogP contribution in [-0.4, -0.2) is 16.2 Å². The Morgan fingerprint density at radius 3 is 3.00 bits per heavy atom. The highest BCUT2D eigenvalue weighted by Crippen LogP contribution is 2.33. The van der Waals surface area contributed by atoms with Gasteiger partial charge in [-0.05, 0) is 0 Å². The van der Waals surface area contributed by atoms with Gasteiger partial charge in [0.1, 0.15) is 6.10 Å². The number of nitrogens with zero attached hydrogens (tertiary/aromatic N) is 2. The first kappa shape index (κ1) is 6.19. The van der Waals surface area contributed by atoms with Gasteiger partial charge in [0.25, 0.3) is 0 Å². The molecule has 10 heavy (non-hydrogen) atoms. The highest BCUT2D eigenvalue weighted by Gasteiger charge is 2.30. The Morgan fingerprint density at radius 1 is 1.90 bits per heavy atom. The normalized spacial score (nSPS) is 23.2. The summed E-state index contributed by atoms with van der Waals surface area (Å²) in [4.78, 5) is 3.93. The number of aromatic nitrogens is 2. The van der Waals surface area contributed by atoms with Crippen molar-refractivity contribution >= 4 is 11.6 Å². The van der Waals surface area contributed by atoms with Gasteiger partial charge in [0, 0.05) is 7.05 Å². The second-order valence-electron chi connectivity index (χ2n) is 2.35. The van der Waals surface area contributed by atoms with Gasteiger partial charge in [0.2, 0.25) is 0 Å². The zero-order valence-corrected chi connectivity index (χ0v) is 6.30. The Balaban J connectivity index is 2.44. The van der Waals surface area contributed by atoms with E-state index >= 15 is 0 Å². The van der Waals surface area contributed by atoms with Crippen molar-refractivity contribution in [2.24, 2.45) is 7.05 Å². The molecule has 3 nitrogen and oxygen atoms in total. The largest absolute Gasteiger partial charge is 0.366 e. The number of hydrogen-bond donors (Lipinski definition) is 0. The van der Waals surface area contributed by atoms with Crippen molar-refractivity contribution in [2.75, 3.05) is 6.61 Å². The van der Waals surface area contributed by atoms with Gasteiger partial charge >= 0.3 is 0 Å². The van der Waals surface area contributed by atoms with E-state index < -0.39 is 0 Å². The summed E-state index contributed by atoms with van der Waals surface area (Å²) in [5.74, 6) is 0. The molecule has 0 N–H and O–H groups in total. The van der Waals surface area contributed by atoms with Crippen LogP contribution < -0.4 is 0 Å². The fourth-order valence-corrected chi connectivity index (χ4v) is 1.28. The minimum absolute atomic E-state index is 0.194. The van der Waals surface area contributed by atoms with Crippen LogP contribution in [0.3, 0.4) is 0 Å². The summed E-state index contributed by atoms with van der Waals surface area (Å²) < 4.78 is 6.96. The van der Waals surface area contributed by atoms with E-state index in [1.54, 1.807) is 6.33 Å². The quantitative estimate of drug-likeness (QED) is 0.574. The summed E-state index contributed by atoms with van der Waals surface area (Å²) in [6, 6.07) is 0. The number of rotatable bonds is 1. The number of aryl methyl sites for hydroxylation is 1. The highest BCUT2D eigenvalue weighted by molar-refractivity contribution is 6.30. The SMILES string of the molecule is Cn1cnc(Cl)c1[C@@H]1CO1. The Labute approximate surface area is 63.6 Å². The number of imidazole rings is 1. The highest BCUT2D eigenvalue weighted by atomic mass is 35.5. The Hall–Kier alpha value is -0.540. The van der Waals surface area contributed by atoms with E-state index in [0.29, 0.717) is 5.15 Å². The summed E-state index contributed by atoms with van der Waals surface area (Å²) in [5, 5.41) is 0.560. The van der Waals surface area contributed by atoms with E-state index in [-0.39, 0.29) is 6.10 Å². The fraction of sp³-hybridized carbons (Fsp3) is 0.500. The molecule has 0 amide bonds. The van der Waals surface area contributed by atoms with E-state index in [1.165, 1.54) is 0 Å². The van der Waals surface area contributed by atoms with Crippen molar-refractivity contribution < 1.29 is 4.74 Å². The first-order valence-corrected chi connectivity index (χ1v) is 3.45. The smallest absolute Gasteiger partial charge is 0.153 e. The van der Waals surface area contributed by atoms with E-state index in [0.717, 1.165) is 12.3 Å². The Kier molecular flexibility index (Phi) is 1.22. The molecule has 1 saturated heterocycles. The third kappa shape index (κ3) is 0.822. The summed E-state index contributed by atoms with van der Waals surface area (Å²) in [6.45, 7) is 0.777. The molecular weight excluding hydrogens is 152 g/mol. The first-order chi connectivity index (χ1) is 4.79. The van der Waals surface area contributed by atoms with Gasteiger partial charge in [-0.25, -0.2) is 4.98 Å². The molecule has 1 atom stereocenters. The molecule has 1 aliphatic heterocycles. The van der Waals surface area contributed by atoms with Crippen LogP contribution in [0, 0.1) is 0 Å². The second kappa shape index (κ2) is 1.97. The van der Waals surface area contributed by atoms with Gasteiger partial charge in [-0.3, -0.25) is 0 Å². The summed E-state index contributed by atoms with van der Waals surface area (Å²) in [6.07, 6.45) is 1.89. The number of halogens is 1. The molecule has 0 spiro atoms. The van der Waals surface area contributed by atoms with E-state index in [1.807, 2.05) is 11.6 Å². The number of ether oxygens (including phenoxy) is 1. The summed E-state index contributed by atoms with van der Waals surface area (Å²) >= 11 is 5.77. The third-order valence-corrected chi connectivity index (χ3v) is 1.87. The van der Waals surface area contributed by atoms with Gasteiger partial charge < -0.3 is 9.30 Å². The average molecular weight is 159 g/mol. The predicted molar refractivity (Wildman–Crippen MR) is 36.9 cm³/mol. The van der Waals surface area contributed by atoms with Crippen LogP contribution in [0.1, 0.15) is 11.8 Å². The molecular formula is C6H7ClN2O. The molecule has 2 rings (SSSR count). The maximum absolute atomic E-state index is 5.77. The minimum atomic E-state index is 0.194. The molecule has 0 aliphatic carbocycles. The van der Waals surface area contributed by atoms with Gasteiger partial charge in [0.15, 0.2) is 5.15 Å². The predicted octanol–water partition coefficient (Wildman–Crippen LogP) is 1.14. The Morgan fingerprint density at radius 2 is 2.60 bits per heavy atom. The van der Waals surface area contributed by atoms with Crippen LogP contribution in [0.25, 0.3) is 0 Å². The van der Waals surface area contributed by atoms with Crippen LogP contribution >= 0.6 is 11.6 Å². The van der Waals surface area contributed by atoms with Crippen molar-refractivity contribution in [3.05, 3.63) is 17.2 Å². The van der Waals surface area contributed by atoms with E-state index in [2.05, 4.69) is 4.98 Å².